The van der Waals surface area contributed by atoms with Gasteiger partial charge in [-0.3, -0.25) is 0 Å². The standard InChI is InChI=1S/C12H12ClFO4S/c13-19(16,17)9-3-4-11(14)10(7-9)12(15)18-6-5-8-1-2-8/h3-4,7-8H,1-2,5-6H2. The smallest absolute Gasteiger partial charge is 0.341 e. The molecule has 0 radical (unpaired) electrons. The molecule has 0 bridgehead atoms. The van der Waals surface area contributed by atoms with Crippen LogP contribution in [0.15, 0.2) is 23.1 Å². The van der Waals surface area contributed by atoms with Crippen molar-refractivity contribution >= 4 is 25.7 Å². The van der Waals surface area contributed by atoms with Crippen molar-refractivity contribution in [3.8, 4) is 0 Å². The van der Waals surface area contributed by atoms with Crippen LogP contribution < -0.4 is 0 Å². The molecule has 4 nitrogen and oxygen atoms in total. The lowest BCUT2D eigenvalue weighted by atomic mass is 10.2. The van der Waals surface area contributed by atoms with Crippen LogP contribution in [0.1, 0.15) is 29.6 Å². The van der Waals surface area contributed by atoms with Crippen LogP contribution in [-0.4, -0.2) is 21.0 Å². The fourth-order valence-electron chi connectivity index (χ4n) is 1.62. The molecular formula is C12H12ClFO4S. The summed E-state index contributed by atoms with van der Waals surface area (Å²) < 4.78 is 40.6. The fraction of sp³-hybridized carbons (Fsp3) is 0.417. The Balaban J connectivity index is 2.10. The van der Waals surface area contributed by atoms with Gasteiger partial charge in [0.2, 0.25) is 0 Å². The number of carbonyl (C=O) groups is 1. The Hall–Kier alpha value is -1.14. The summed E-state index contributed by atoms with van der Waals surface area (Å²) in [6, 6.07) is 2.77. The maximum Gasteiger partial charge on any atom is 0.341 e. The SMILES string of the molecule is O=C(OCCC1CC1)c1cc(S(=O)(=O)Cl)ccc1F. The zero-order valence-corrected chi connectivity index (χ0v) is 11.5. The molecule has 0 aliphatic heterocycles. The highest BCUT2D eigenvalue weighted by molar-refractivity contribution is 8.13. The summed E-state index contributed by atoms with van der Waals surface area (Å²) in [7, 11) is 1.14. The second kappa shape index (κ2) is 5.46. The molecule has 0 atom stereocenters. The molecule has 1 aromatic carbocycles. The van der Waals surface area contributed by atoms with E-state index in [9.17, 15) is 17.6 Å². The number of esters is 1. The number of hydrogen-bond donors (Lipinski definition) is 0. The molecule has 1 aromatic rings. The molecule has 1 fully saturated rings. The van der Waals surface area contributed by atoms with Gasteiger partial charge in [-0.2, -0.15) is 0 Å². The summed E-state index contributed by atoms with van der Waals surface area (Å²) in [6.07, 6.45) is 3.01. The molecule has 0 saturated heterocycles. The molecule has 1 saturated carbocycles. The number of ether oxygens (including phenoxy) is 1. The van der Waals surface area contributed by atoms with E-state index in [1.807, 2.05) is 0 Å². The summed E-state index contributed by atoms with van der Waals surface area (Å²) in [4.78, 5) is 11.3. The molecule has 1 aliphatic rings. The molecule has 7 heteroatoms. The number of halogens is 2. The fourth-order valence-corrected chi connectivity index (χ4v) is 2.39. The van der Waals surface area contributed by atoms with Gasteiger partial charge in [0.15, 0.2) is 0 Å². The van der Waals surface area contributed by atoms with E-state index in [1.54, 1.807) is 0 Å². The summed E-state index contributed by atoms with van der Waals surface area (Å²) in [5, 5.41) is 0. The van der Waals surface area contributed by atoms with Gasteiger partial charge in [-0.1, -0.05) is 12.8 Å². The molecule has 0 spiro atoms. The van der Waals surface area contributed by atoms with E-state index < -0.39 is 26.4 Å². The normalized spacial score (nSPS) is 15.3. The lowest BCUT2D eigenvalue weighted by Crippen LogP contribution is -2.10. The summed E-state index contributed by atoms with van der Waals surface area (Å²) >= 11 is 0. The molecule has 1 aliphatic carbocycles. The van der Waals surface area contributed by atoms with E-state index in [0.717, 1.165) is 37.5 Å². The molecule has 0 aromatic heterocycles. The van der Waals surface area contributed by atoms with E-state index in [0.29, 0.717) is 5.92 Å². The highest BCUT2D eigenvalue weighted by atomic mass is 35.7. The van der Waals surface area contributed by atoms with Gasteiger partial charge in [-0.15, -0.1) is 0 Å². The molecule has 0 heterocycles. The third-order valence-corrected chi connectivity index (χ3v) is 4.25. The predicted octanol–water partition coefficient (Wildman–Crippen LogP) is 2.71. The topological polar surface area (TPSA) is 60.4 Å². The number of carbonyl (C=O) groups excluding carboxylic acids is 1. The van der Waals surface area contributed by atoms with Gasteiger partial charge in [0.25, 0.3) is 9.05 Å². The Kier molecular flexibility index (Phi) is 4.10. The summed E-state index contributed by atoms with van der Waals surface area (Å²) in [5.41, 5.74) is -0.419. The van der Waals surface area contributed by atoms with E-state index in [4.69, 9.17) is 15.4 Å². The Bertz CT molecular complexity index is 596. The molecule has 19 heavy (non-hydrogen) atoms. The average molecular weight is 307 g/mol. The molecule has 2 rings (SSSR count). The van der Waals surface area contributed by atoms with Crippen LogP contribution in [0.5, 0.6) is 0 Å². The number of benzene rings is 1. The minimum atomic E-state index is -4.00. The lowest BCUT2D eigenvalue weighted by molar-refractivity contribution is 0.0489. The first kappa shape index (κ1) is 14.3. The Morgan fingerprint density at radius 3 is 2.68 bits per heavy atom. The molecule has 0 unspecified atom stereocenters. The Morgan fingerprint density at radius 2 is 2.11 bits per heavy atom. The van der Waals surface area contributed by atoms with E-state index in [2.05, 4.69) is 0 Å². The third-order valence-electron chi connectivity index (χ3n) is 2.90. The van der Waals surface area contributed by atoms with Crippen molar-refractivity contribution in [1.82, 2.24) is 0 Å². The van der Waals surface area contributed by atoms with Crippen molar-refractivity contribution < 1.29 is 22.3 Å². The van der Waals surface area contributed by atoms with Crippen LogP contribution in [0.3, 0.4) is 0 Å². The van der Waals surface area contributed by atoms with Gasteiger partial charge >= 0.3 is 5.97 Å². The first-order valence-corrected chi connectivity index (χ1v) is 8.10. The van der Waals surface area contributed by atoms with Gasteiger partial charge in [0.05, 0.1) is 17.1 Å². The van der Waals surface area contributed by atoms with Crippen LogP contribution in [0.4, 0.5) is 4.39 Å². The minimum absolute atomic E-state index is 0.209. The van der Waals surface area contributed by atoms with Crippen molar-refractivity contribution in [2.24, 2.45) is 5.92 Å². The Morgan fingerprint density at radius 1 is 1.42 bits per heavy atom. The van der Waals surface area contributed by atoms with Crippen molar-refractivity contribution in [2.45, 2.75) is 24.2 Å². The largest absolute Gasteiger partial charge is 0.462 e. The van der Waals surface area contributed by atoms with E-state index in [-0.39, 0.29) is 11.5 Å². The molecule has 0 amide bonds. The molecular weight excluding hydrogens is 295 g/mol. The quantitative estimate of drug-likeness (QED) is 0.620. The lowest BCUT2D eigenvalue weighted by Gasteiger charge is -2.06. The zero-order valence-electron chi connectivity index (χ0n) is 9.93. The van der Waals surface area contributed by atoms with Gasteiger partial charge in [-0.05, 0) is 30.5 Å². The van der Waals surface area contributed by atoms with Gasteiger partial charge in [0.1, 0.15) is 5.82 Å². The van der Waals surface area contributed by atoms with Crippen LogP contribution in [0.25, 0.3) is 0 Å². The predicted molar refractivity (Wildman–Crippen MR) is 67.1 cm³/mol. The first-order chi connectivity index (χ1) is 8.88. The van der Waals surface area contributed by atoms with Gasteiger partial charge in [0, 0.05) is 10.7 Å². The highest BCUT2D eigenvalue weighted by Gasteiger charge is 2.22. The van der Waals surface area contributed by atoms with Crippen LogP contribution in [0, 0.1) is 11.7 Å². The van der Waals surface area contributed by atoms with Crippen molar-refractivity contribution in [3.05, 3.63) is 29.6 Å². The molecule has 0 N–H and O–H groups in total. The van der Waals surface area contributed by atoms with Crippen LogP contribution in [0.2, 0.25) is 0 Å². The molecule has 104 valence electrons. The van der Waals surface area contributed by atoms with Crippen LogP contribution >= 0.6 is 10.7 Å². The zero-order chi connectivity index (χ0) is 14.0. The van der Waals surface area contributed by atoms with E-state index >= 15 is 0 Å². The van der Waals surface area contributed by atoms with Crippen molar-refractivity contribution in [1.29, 1.82) is 0 Å². The van der Waals surface area contributed by atoms with Gasteiger partial charge in [-0.25, -0.2) is 17.6 Å². The number of rotatable bonds is 5. The maximum absolute atomic E-state index is 13.5. The van der Waals surface area contributed by atoms with Crippen LogP contribution in [-0.2, 0) is 13.8 Å². The van der Waals surface area contributed by atoms with Crippen molar-refractivity contribution in [3.63, 3.8) is 0 Å². The third kappa shape index (κ3) is 3.91. The summed E-state index contributed by atoms with van der Waals surface area (Å²) in [6.45, 7) is 0.209. The monoisotopic (exact) mass is 306 g/mol. The second-order valence-electron chi connectivity index (χ2n) is 4.45. The average Bonchev–Trinajstić information content (AvgIpc) is 3.12. The minimum Gasteiger partial charge on any atom is -0.462 e. The van der Waals surface area contributed by atoms with Crippen molar-refractivity contribution in [2.75, 3.05) is 6.61 Å². The van der Waals surface area contributed by atoms with E-state index in [1.165, 1.54) is 0 Å². The number of hydrogen-bond acceptors (Lipinski definition) is 4. The Labute approximate surface area is 114 Å². The highest BCUT2D eigenvalue weighted by Crippen LogP contribution is 2.32. The maximum atomic E-state index is 13.5. The second-order valence-corrected chi connectivity index (χ2v) is 7.01. The summed E-state index contributed by atoms with van der Waals surface area (Å²) in [5.74, 6) is -1.12. The first-order valence-electron chi connectivity index (χ1n) is 5.79. The van der Waals surface area contributed by atoms with Gasteiger partial charge < -0.3 is 4.74 Å².